The fraction of sp³-hybridized carbons (Fsp3) is 0.714. The van der Waals surface area contributed by atoms with Gasteiger partial charge in [0.05, 0.1) is 13.2 Å². The van der Waals surface area contributed by atoms with E-state index in [2.05, 4.69) is 13.6 Å². The fourth-order valence-electron chi connectivity index (χ4n) is 0.739. The topological polar surface area (TPSA) is 119 Å². The number of carbonyl (C=O) groups is 2. The number of rotatable bonds is 8. The SMILES string of the molecule is CCOP(=O)(OCC)OC(C(=O)O)C(=O)O. The van der Waals surface area contributed by atoms with Gasteiger partial charge in [0.1, 0.15) is 0 Å². The van der Waals surface area contributed by atoms with E-state index in [4.69, 9.17) is 10.2 Å². The molecule has 0 aliphatic rings. The van der Waals surface area contributed by atoms with Gasteiger partial charge in [0, 0.05) is 0 Å². The van der Waals surface area contributed by atoms with Crippen molar-refractivity contribution in [2.75, 3.05) is 13.2 Å². The third kappa shape index (κ3) is 4.71. The molecule has 94 valence electrons. The Balaban J connectivity index is 4.77. The molecule has 0 aliphatic heterocycles. The Labute approximate surface area is 91.7 Å². The summed E-state index contributed by atoms with van der Waals surface area (Å²) in [6.07, 6.45) is -2.29. The Hall–Kier alpha value is -0.950. The molecule has 0 heterocycles. The zero-order valence-electron chi connectivity index (χ0n) is 8.78. The van der Waals surface area contributed by atoms with Crippen LogP contribution < -0.4 is 0 Å². The highest BCUT2D eigenvalue weighted by molar-refractivity contribution is 7.48. The Morgan fingerprint density at radius 2 is 1.50 bits per heavy atom. The number of hydrogen-bond donors (Lipinski definition) is 2. The van der Waals surface area contributed by atoms with Crippen molar-refractivity contribution in [1.29, 1.82) is 0 Å². The van der Waals surface area contributed by atoms with Gasteiger partial charge in [-0.1, -0.05) is 0 Å². The molecule has 8 nitrogen and oxygen atoms in total. The van der Waals surface area contributed by atoms with Gasteiger partial charge in [0.25, 0.3) is 6.10 Å². The maximum absolute atomic E-state index is 11.6. The van der Waals surface area contributed by atoms with Crippen LogP contribution >= 0.6 is 7.82 Å². The molecule has 0 radical (unpaired) electrons. The predicted molar refractivity (Wildman–Crippen MR) is 51.0 cm³/mol. The number of phosphoric ester groups is 1. The van der Waals surface area contributed by atoms with Gasteiger partial charge in [-0.3, -0.25) is 13.6 Å². The molecule has 0 aromatic rings. The van der Waals surface area contributed by atoms with E-state index < -0.39 is 25.9 Å². The van der Waals surface area contributed by atoms with Crippen molar-refractivity contribution in [3.05, 3.63) is 0 Å². The lowest BCUT2D eigenvalue weighted by molar-refractivity contribution is -0.160. The first-order valence-corrected chi connectivity index (χ1v) is 5.85. The number of carboxylic acid groups (broad SMARTS) is 2. The van der Waals surface area contributed by atoms with Crippen LogP contribution in [0.3, 0.4) is 0 Å². The normalized spacial score (nSPS) is 11.7. The molecule has 0 rings (SSSR count). The van der Waals surface area contributed by atoms with E-state index in [1.807, 2.05) is 0 Å². The van der Waals surface area contributed by atoms with Gasteiger partial charge in [-0.05, 0) is 13.8 Å². The van der Waals surface area contributed by atoms with Crippen molar-refractivity contribution >= 4 is 19.8 Å². The molecule has 16 heavy (non-hydrogen) atoms. The van der Waals surface area contributed by atoms with Crippen molar-refractivity contribution in [1.82, 2.24) is 0 Å². The van der Waals surface area contributed by atoms with E-state index >= 15 is 0 Å². The van der Waals surface area contributed by atoms with Gasteiger partial charge < -0.3 is 10.2 Å². The van der Waals surface area contributed by atoms with Crippen molar-refractivity contribution in [2.24, 2.45) is 0 Å². The molecule has 0 aliphatic carbocycles. The third-order valence-electron chi connectivity index (χ3n) is 1.26. The van der Waals surface area contributed by atoms with Crippen molar-refractivity contribution < 1.29 is 37.9 Å². The lowest BCUT2D eigenvalue weighted by Crippen LogP contribution is -2.32. The molecule has 0 unspecified atom stereocenters. The molecule has 9 heteroatoms. The van der Waals surface area contributed by atoms with Crippen LogP contribution in [0.1, 0.15) is 13.8 Å². The van der Waals surface area contributed by atoms with E-state index in [0.717, 1.165) is 0 Å². The highest BCUT2D eigenvalue weighted by Gasteiger charge is 2.38. The second-order valence-corrected chi connectivity index (χ2v) is 4.07. The van der Waals surface area contributed by atoms with Gasteiger partial charge >= 0.3 is 19.8 Å². The molecule has 0 fully saturated rings. The van der Waals surface area contributed by atoms with Gasteiger partial charge in [0.15, 0.2) is 0 Å². The number of carboxylic acids is 2. The quantitative estimate of drug-likeness (QED) is 0.481. The molecular weight excluding hydrogens is 243 g/mol. The first kappa shape index (κ1) is 15.0. The highest BCUT2D eigenvalue weighted by Crippen LogP contribution is 2.50. The molecule has 2 N–H and O–H groups in total. The third-order valence-corrected chi connectivity index (χ3v) is 2.88. The summed E-state index contributed by atoms with van der Waals surface area (Å²) in [4.78, 5) is 21.0. The molecule has 0 atom stereocenters. The minimum Gasteiger partial charge on any atom is -0.479 e. The van der Waals surface area contributed by atoms with Crippen molar-refractivity contribution in [2.45, 2.75) is 20.0 Å². The second-order valence-electron chi connectivity index (χ2n) is 2.44. The van der Waals surface area contributed by atoms with Crippen LogP contribution in [0.4, 0.5) is 0 Å². The largest absolute Gasteiger partial charge is 0.479 e. The average molecular weight is 256 g/mol. The molecule has 0 bridgehead atoms. The molecule has 0 saturated heterocycles. The molecule has 0 aromatic heterocycles. The van der Waals surface area contributed by atoms with Gasteiger partial charge in [0.2, 0.25) is 0 Å². The Kier molecular flexibility index (Phi) is 6.20. The number of aliphatic carboxylic acids is 2. The number of hydrogen-bond acceptors (Lipinski definition) is 6. The summed E-state index contributed by atoms with van der Waals surface area (Å²) in [6.45, 7) is 2.82. The first-order valence-electron chi connectivity index (χ1n) is 4.39. The summed E-state index contributed by atoms with van der Waals surface area (Å²) in [5.41, 5.74) is 0. The van der Waals surface area contributed by atoms with E-state index in [-0.39, 0.29) is 13.2 Å². The predicted octanol–water partition coefficient (Wildman–Crippen LogP) is 0.722. The molecule has 0 spiro atoms. The van der Waals surface area contributed by atoms with Gasteiger partial charge in [-0.2, -0.15) is 0 Å². The summed E-state index contributed by atoms with van der Waals surface area (Å²) in [7, 11) is -4.14. The van der Waals surface area contributed by atoms with Crippen LogP contribution in [0.2, 0.25) is 0 Å². The van der Waals surface area contributed by atoms with Gasteiger partial charge in [-0.15, -0.1) is 0 Å². The van der Waals surface area contributed by atoms with Crippen LogP contribution in [0.25, 0.3) is 0 Å². The van der Waals surface area contributed by atoms with Crippen LogP contribution in [0.5, 0.6) is 0 Å². The van der Waals surface area contributed by atoms with E-state index in [1.165, 1.54) is 13.8 Å². The summed E-state index contributed by atoms with van der Waals surface area (Å²) < 4.78 is 25.2. The number of phosphoric acid groups is 1. The van der Waals surface area contributed by atoms with Crippen LogP contribution in [0.15, 0.2) is 0 Å². The lowest BCUT2D eigenvalue weighted by atomic mass is 10.4. The Bertz CT molecular complexity index is 277. The van der Waals surface area contributed by atoms with Crippen molar-refractivity contribution in [3.8, 4) is 0 Å². The summed E-state index contributed by atoms with van der Waals surface area (Å²) in [5.74, 6) is -3.57. The van der Waals surface area contributed by atoms with Crippen LogP contribution in [-0.4, -0.2) is 41.5 Å². The summed E-state index contributed by atoms with van der Waals surface area (Å²) in [5, 5.41) is 17.0. The molecule has 0 aromatic carbocycles. The fourth-order valence-corrected chi connectivity index (χ4v) is 2.01. The van der Waals surface area contributed by atoms with E-state index in [0.29, 0.717) is 0 Å². The van der Waals surface area contributed by atoms with Crippen LogP contribution in [-0.2, 0) is 27.7 Å². The minimum atomic E-state index is -4.14. The van der Waals surface area contributed by atoms with Gasteiger partial charge in [-0.25, -0.2) is 14.2 Å². The molecule has 0 saturated carbocycles. The molecular formula is C7H13O8P. The maximum Gasteiger partial charge on any atom is 0.476 e. The maximum atomic E-state index is 11.6. The Morgan fingerprint density at radius 1 is 1.12 bits per heavy atom. The zero-order chi connectivity index (χ0) is 12.8. The monoisotopic (exact) mass is 256 g/mol. The minimum absolute atomic E-state index is 0.0662. The summed E-state index contributed by atoms with van der Waals surface area (Å²) >= 11 is 0. The molecule has 0 amide bonds. The summed E-state index contributed by atoms with van der Waals surface area (Å²) in [6, 6.07) is 0. The van der Waals surface area contributed by atoms with E-state index in [9.17, 15) is 14.2 Å². The van der Waals surface area contributed by atoms with Crippen LogP contribution in [0, 0.1) is 0 Å². The standard InChI is InChI=1S/C7H13O8P/c1-3-13-16(12,14-4-2)15-5(6(8)9)7(10)11/h5H,3-4H2,1-2H3,(H,8,9)(H,10,11). The average Bonchev–Trinajstić information content (AvgIpc) is 2.14. The second kappa shape index (κ2) is 6.59. The zero-order valence-corrected chi connectivity index (χ0v) is 9.68. The first-order chi connectivity index (χ1) is 7.36. The van der Waals surface area contributed by atoms with E-state index in [1.54, 1.807) is 0 Å². The lowest BCUT2D eigenvalue weighted by Gasteiger charge is -2.18. The van der Waals surface area contributed by atoms with Crippen molar-refractivity contribution in [3.63, 3.8) is 0 Å². The Morgan fingerprint density at radius 3 is 1.75 bits per heavy atom. The highest BCUT2D eigenvalue weighted by atomic mass is 31.2. The smallest absolute Gasteiger partial charge is 0.476 e.